The molecule has 3 unspecified atom stereocenters. The largest absolute Gasteiger partial charge is 0.472 e. The molecule has 0 fully saturated rings. The number of aliphatic hydroxyl groups excluding tert-OH is 1. The molecule has 0 aliphatic heterocycles. The third kappa shape index (κ3) is 64.6. The van der Waals surface area contributed by atoms with Crippen molar-refractivity contribution in [3.05, 3.63) is 24.3 Å². The van der Waals surface area contributed by atoms with Crippen molar-refractivity contribution in [3.63, 3.8) is 0 Å². The molecule has 6 atom stereocenters. The predicted molar refractivity (Wildman–Crippen MR) is 368 cm³/mol. The lowest BCUT2D eigenvalue weighted by Crippen LogP contribution is -2.30. The van der Waals surface area contributed by atoms with Crippen LogP contribution in [0, 0.1) is 5.92 Å². The van der Waals surface area contributed by atoms with Crippen LogP contribution in [0.1, 0.15) is 349 Å². The number of phosphoric acid groups is 2. The van der Waals surface area contributed by atoms with E-state index >= 15 is 0 Å². The van der Waals surface area contributed by atoms with Crippen molar-refractivity contribution in [2.45, 2.75) is 368 Å². The number of phosphoric ester groups is 2. The zero-order chi connectivity index (χ0) is 67.0. The second kappa shape index (κ2) is 64.9. The number of aliphatic hydroxyl groups is 1. The molecule has 17 nitrogen and oxygen atoms in total. The van der Waals surface area contributed by atoms with Crippen LogP contribution in [-0.2, 0) is 65.4 Å². The van der Waals surface area contributed by atoms with Crippen molar-refractivity contribution in [2.75, 3.05) is 39.6 Å². The van der Waals surface area contributed by atoms with Crippen molar-refractivity contribution < 1.29 is 80.2 Å². The molecule has 0 amide bonds. The van der Waals surface area contributed by atoms with Crippen molar-refractivity contribution in [1.29, 1.82) is 0 Å². The lowest BCUT2D eigenvalue weighted by atomic mass is 10.00. The Morgan fingerprint density at radius 1 is 0.352 bits per heavy atom. The van der Waals surface area contributed by atoms with Gasteiger partial charge in [-0.05, 0) is 57.3 Å². The summed E-state index contributed by atoms with van der Waals surface area (Å²) in [4.78, 5) is 72.6. The second-order valence-electron chi connectivity index (χ2n) is 25.5. The Bertz CT molecular complexity index is 1850. The summed E-state index contributed by atoms with van der Waals surface area (Å²) >= 11 is 0. The molecule has 91 heavy (non-hydrogen) atoms. The molecule has 0 saturated carbocycles. The van der Waals surface area contributed by atoms with Gasteiger partial charge in [0, 0.05) is 25.7 Å². The lowest BCUT2D eigenvalue weighted by Gasteiger charge is -2.21. The van der Waals surface area contributed by atoms with Gasteiger partial charge in [0.05, 0.1) is 26.4 Å². The fourth-order valence-electron chi connectivity index (χ4n) is 10.4. The molecule has 0 rings (SSSR count). The van der Waals surface area contributed by atoms with Gasteiger partial charge in [0.1, 0.15) is 19.3 Å². The minimum atomic E-state index is -4.96. The highest BCUT2D eigenvalue weighted by molar-refractivity contribution is 7.47. The summed E-state index contributed by atoms with van der Waals surface area (Å²) in [6, 6.07) is 0. The molecule has 0 aliphatic rings. The Morgan fingerprint density at radius 2 is 0.615 bits per heavy atom. The van der Waals surface area contributed by atoms with E-state index in [2.05, 4.69) is 58.9 Å². The van der Waals surface area contributed by atoms with Gasteiger partial charge < -0.3 is 33.8 Å². The Hall–Kier alpha value is -2.46. The van der Waals surface area contributed by atoms with Gasteiger partial charge in [0.15, 0.2) is 12.2 Å². The normalized spacial score (nSPS) is 14.5. The van der Waals surface area contributed by atoms with Crippen molar-refractivity contribution in [2.24, 2.45) is 5.92 Å². The number of carbonyl (C=O) groups is 4. The molecule has 0 aromatic rings. The first-order valence-electron chi connectivity index (χ1n) is 37.0. The van der Waals surface area contributed by atoms with E-state index in [1.165, 1.54) is 154 Å². The maximum Gasteiger partial charge on any atom is 0.472 e. The predicted octanol–water partition coefficient (Wildman–Crippen LogP) is 20.5. The molecule has 3 N–H and O–H groups in total. The van der Waals surface area contributed by atoms with E-state index in [4.69, 9.17) is 37.0 Å². The van der Waals surface area contributed by atoms with Gasteiger partial charge in [0.2, 0.25) is 0 Å². The van der Waals surface area contributed by atoms with Gasteiger partial charge in [-0.3, -0.25) is 37.3 Å². The van der Waals surface area contributed by atoms with E-state index < -0.39 is 97.5 Å². The summed E-state index contributed by atoms with van der Waals surface area (Å²) in [5.74, 6) is -1.42. The minimum Gasteiger partial charge on any atom is -0.462 e. The van der Waals surface area contributed by atoms with Crippen LogP contribution in [-0.4, -0.2) is 96.7 Å². The Morgan fingerprint density at radius 3 is 0.934 bits per heavy atom. The maximum atomic E-state index is 13.0. The number of esters is 4. The molecule has 0 spiro atoms. The van der Waals surface area contributed by atoms with E-state index in [1.807, 2.05) is 0 Å². The summed E-state index contributed by atoms with van der Waals surface area (Å²) in [6.45, 7) is 7.16. The number of hydrogen-bond donors (Lipinski definition) is 3. The summed E-state index contributed by atoms with van der Waals surface area (Å²) in [6.07, 6.45) is 54.8. The van der Waals surface area contributed by atoms with Crippen LogP contribution in [0.5, 0.6) is 0 Å². The topological polar surface area (TPSA) is 237 Å². The van der Waals surface area contributed by atoms with Gasteiger partial charge in [-0.2, -0.15) is 0 Å². The molecule has 0 aliphatic carbocycles. The highest BCUT2D eigenvalue weighted by Crippen LogP contribution is 2.45. The first kappa shape index (κ1) is 88.5. The van der Waals surface area contributed by atoms with Crippen LogP contribution in [0.25, 0.3) is 0 Å². The van der Waals surface area contributed by atoms with Crippen LogP contribution in [0.3, 0.4) is 0 Å². The Balaban J connectivity index is 5.29. The fraction of sp³-hybridized carbons (Fsp3) is 0.889. The lowest BCUT2D eigenvalue weighted by molar-refractivity contribution is -0.161. The molecule has 0 radical (unpaired) electrons. The fourth-order valence-corrected chi connectivity index (χ4v) is 12.0. The van der Waals surface area contributed by atoms with E-state index in [9.17, 15) is 43.2 Å². The number of ether oxygens (including phenoxy) is 4. The summed E-state index contributed by atoms with van der Waals surface area (Å²) < 4.78 is 68.3. The highest BCUT2D eigenvalue weighted by Gasteiger charge is 2.30. The Labute approximate surface area is 554 Å². The summed E-state index contributed by atoms with van der Waals surface area (Å²) in [5.41, 5.74) is 0. The van der Waals surface area contributed by atoms with E-state index in [0.717, 1.165) is 115 Å². The molecule has 0 aromatic carbocycles. The molecular formula is C72H136O17P2. The molecule has 19 heteroatoms. The first-order valence-corrected chi connectivity index (χ1v) is 40.0. The van der Waals surface area contributed by atoms with E-state index in [0.29, 0.717) is 25.7 Å². The third-order valence-corrected chi connectivity index (χ3v) is 18.4. The minimum absolute atomic E-state index is 0.0854. The van der Waals surface area contributed by atoms with Gasteiger partial charge in [-0.25, -0.2) is 9.13 Å². The Kier molecular flexibility index (Phi) is 63.1. The average molecular weight is 1340 g/mol. The van der Waals surface area contributed by atoms with Gasteiger partial charge in [0.25, 0.3) is 0 Å². The van der Waals surface area contributed by atoms with E-state index in [-0.39, 0.29) is 25.7 Å². The van der Waals surface area contributed by atoms with Crippen LogP contribution in [0.2, 0.25) is 0 Å². The number of carbonyl (C=O) groups excluding carboxylic acids is 4. The number of unbranched alkanes of at least 4 members (excludes halogenated alkanes) is 38. The van der Waals surface area contributed by atoms with Crippen molar-refractivity contribution >= 4 is 39.5 Å². The first-order chi connectivity index (χ1) is 44.1. The van der Waals surface area contributed by atoms with E-state index in [1.54, 1.807) is 0 Å². The standard InChI is InChI=1S/C72H136O17P2/c1-6-10-13-16-19-22-25-28-29-32-35-38-41-48-53-58-71(76)88-67(61-82-69(74)55-50-45-39-36-33-30-26-23-20-17-14-11-7-2)63-86-90(78,79)84-59-66(73)60-85-91(80,81)87-64-68(62-83-70(75)56-51-46-43-42-44-49-54-65(5)9-4)89-72(77)57-52-47-40-37-34-31-27-24-21-18-15-12-8-3/h22,25,28-29,65-68,73H,6-21,23-24,26-27,30-64H2,1-5H3,(H,78,79)(H,80,81)/b25-22-,29-28-/t65?,66-,67-,68-/m1/s1. The second-order valence-corrected chi connectivity index (χ2v) is 28.4. The third-order valence-electron chi connectivity index (χ3n) is 16.5. The quantitative estimate of drug-likeness (QED) is 0.0169. The number of rotatable bonds is 70. The highest BCUT2D eigenvalue weighted by atomic mass is 31.2. The average Bonchev–Trinajstić information content (AvgIpc) is 3.54. The molecule has 0 saturated heterocycles. The van der Waals surface area contributed by atoms with Crippen LogP contribution in [0.15, 0.2) is 24.3 Å². The van der Waals surface area contributed by atoms with Gasteiger partial charge in [-0.1, -0.05) is 296 Å². The summed E-state index contributed by atoms with van der Waals surface area (Å²) in [7, 11) is -9.92. The molecule has 0 heterocycles. The smallest absolute Gasteiger partial charge is 0.462 e. The maximum absolute atomic E-state index is 13.0. The van der Waals surface area contributed by atoms with Gasteiger partial charge in [-0.15, -0.1) is 0 Å². The van der Waals surface area contributed by atoms with Crippen molar-refractivity contribution in [3.8, 4) is 0 Å². The summed E-state index contributed by atoms with van der Waals surface area (Å²) in [5, 5.41) is 10.6. The zero-order valence-electron chi connectivity index (χ0n) is 58.5. The molecular weight excluding hydrogens is 1200 g/mol. The van der Waals surface area contributed by atoms with Gasteiger partial charge >= 0.3 is 39.5 Å². The van der Waals surface area contributed by atoms with Crippen LogP contribution < -0.4 is 0 Å². The molecule has 0 aromatic heterocycles. The zero-order valence-corrected chi connectivity index (χ0v) is 60.3. The SMILES string of the molecule is CCCCCC/C=C\C=C/CCCCCCCC(=O)O[C@H](COC(=O)CCCCCCCCCCCCCCC)COP(=O)(O)OC[C@@H](O)COP(=O)(O)OC[C@@H](COC(=O)CCCCCCCCC(C)CC)OC(=O)CCCCCCCCCCCCCCC. The number of allylic oxidation sites excluding steroid dienone is 4. The monoisotopic (exact) mass is 1330 g/mol. The number of hydrogen-bond acceptors (Lipinski definition) is 15. The van der Waals surface area contributed by atoms with Crippen LogP contribution >= 0.6 is 15.6 Å². The van der Waals surface area contributed by atoms with Crippen molar-refractivity contribution in [1.82, 2.24) is 0 Å². The van der Waals surface area contributed by atoms with Crippen LogP contribution in [0.4, 0.5) is 0 Å². The molecule has 0 bridgehead atoms. The molecule has 536 valence electrons.